The Morgan fingerprint density at radius 1 is 1.43 bits per heavy atom. The number of nitrogens with one attached hydrogen (secondary N) is 1. The van der Waals surface area contributed by atoms with Gasteiger partial charge in [-0.15, -0.1) is 0 Å². The van der Waals surface area contributed by atoms with E-state index in [1.54, 1.807) is 0 Å². The van der Waals surface area contributed by atoms with E-state index < -0.39 is 4.92 Å². The highest BCUT2D eigenvalue weighted by molar-refractivity contribution is 5.77. The van der Waals surface area contributed by atoms with E-state index in [2.05, 4.69) is 5.32 Å². The Kier molecular flexibility index (Phi) is 4.72. The van der Waals surface area contributed by atoms with Gasteiger partial charge in [-0.25, -0.2) is 0 Å². The van der Waals surface area contributed by atoms with Crippen LogP contribution in [0.2, 0.25) is 0 Å². The molecule has 21 heavy (non-hydrogen) atoms. The zero-order valence-corrected chi connectivity index (χ0v) is 11.5. The van der Waals surface area contributed by atoms with Gasteiger partial charge in [0.1, 0.15) is 6.07 Å². The minimum Gasteiger partial charge on any atom is -0.383 e. The van der Waals surface area contributed by atoms with E-state index in [9.17, 15) is 14.9 Å². The normalized spacial score (nSPS) is 13.8. The van der Waals surface area contributed by atoms with Crippen molar-refractivity contribution in [2.75, 3.05) is 25.0 Å². The maximum atomic E-state index is 11.9. The Labute approximate surface area is 122 Å². The molecule has 1 amide bonds. The lowest BCUT2D eigenvalue weighted by Crippen LogP contribution is -2.29. The third-order valence-electron chi connectivity index (χ3n) is 3.45. The number of amides is 1. The standard InChI is InChI=1S/C14H16N4O3/c15-10-11-9-12(18(20)21)3-4-13(11)16-6-5-14(19)17-7-1-2-8-17/h3-4,9,16H,1-2,5-8H2. The molecule has 0 unspecified atom stereocenters. The van der Waals surface area contributed by atoms with Gasteiger partial charge < -0.3 is 10.2 Å². The molecule has 0 radical (unpaired) electrons. The summed E-state index contributed by atoms with van der Waals surface area (Å²) < 4.78 is 0. The van der Waals surface area contributed by atoms with Crippen molar-refractivity contribution in [2.45, 2.75) is 19.3 Å². The van der Waals surface area contributed by atoms with Gasteiger partial charge in [-0.2, -0.15) is 5.26 Å². The molecule has 0 bridgehead atoms. The van der Waals surface area contributed by atoms with E-state index in [-0.39, 0.29) is 17.2 Å². The van der Waals surface area contributed by atoms with Gasteiger partial charge in [-0.05, 0) is 18.9 Å². The van der Waals surface area contributed by atoms with Crippen molar-refractivity contribution in [1.82, 2.24) is 4.90 Å². The van der Waals surface area contributed by atoms with Gasteiger partial charge in [0.25, 0.3) is 5.69 Å². The van der Waals surface area contributed by atoms with E-state index in [1.807, 2.05) is 11.0 Å². The molecular weight excluding hydrogens is 272 g/mol. The number of benzene rings is 1. The number of nitrogens with zero attached hydrogens (tertiary/aromatic N) is 3. The Bertz CT molecular complexity index is 588. The predicted octanol–water partition coefficient (Wildman–Crippen LogP) is 1.89. The van der Waals surface area contributed by atoms with Crippen molar-refractivity contribution in [3.63, 3.8) is 0 Å². The molecule has 0 spiro atoms. The Balaban J connectivity index is 1.92. The van der Waals surface area contributed by atoms with Crippen LogP contribution in [0.4, 0.5) is 11.4 Å². The first-order valence-corrected chi connectivity index (χ1v) is 6.82. The van der Waals surface area contributed by atoms with E-state index in [4.69, 9.17) is 5.26 Å². The van der Waals surface area contributed by atoms with Crippen LogP contribution in [0.15, 0.2) is 18.2 Å². The molecule has 7 nitrogen and oxygen atoms in total. The fraction of sp³-hybridized carbons (Fsp3) is 0.429. The van der Waals surface area contributed by atoms with Crippen LogP contribution in [-0.2, 0) is 4.79 Å². The number of rotatable bonds is 5. The molecule has 0 aromatic heterocycles. The van der Waals surface area contributed by atoms with E-state index >= 15 is 0 Å². The molecule has 110 valence electrons. The molecule has 1 heterocycles. The van der Waals surface area contributed by atoms with Crippen LogP contribution in [0.1, 0.15) is 24.8 Å². The van der Waals surface area contributed by atoms with Gasteiger partial charge in [0.15, 0.2) is 0 Å². The highest BCUT2D eigenvalue weighted by Crippen LogP contribution is 2.21. The summed E-state index contributed by atoms with van der Waals surface area (Å²) >= 11 is 0. The lowest BCUT2D eigenvalue weighted by molar-refractivity contribution is -0.384. The van der Waals surface area contributed by atoms with Crippen molar-refractivity contribution in [3.8, 4) is 6.07 Å². The first kappa shape index (κ1) is 14.8. The number of carbonyl (C=O) groups is 1. The number of carbonyl (C=O) groups excluding carboxylic acids is 1. The molecule has 0 saturated carbocycles. The molecule has 1 aromatic carbocycles. The molecule has 1 aliphatic rings. The average Bonchev–Trinajstić information content (AvgIpc) is 3.01. The quantitative estimate of drug-likeness (QED) is 0.658. The number of non-ortho nitro benzene ring substituents is 1. The summed E-state index contributed by atoms with van der Waals surface area (Å²) in [5.41, 5.74) is 0.598. The van der Waals surface area contributed by atoms with Crippen LogP contribution in [-0.4, -0.2) is 35.4 Å². The number of nitro benzene ring substituents is 1. The Morgan fingerprint density at radius 3 is 2.76 bits per heavy atom. The fourth-order valence-corrected chi connectivity index (χ4v) is 2.32. The summed E-state index contributed by atoms with van der Waals surface area (Å²) in [6.45, 7) is 2.04. The SMILES string of the molecule is N#Cc1cc([N+](=O)[O-])ccc1NCCC(=O)N1CCCC1. The van der Waals surface area contributed by atoms with Gasteiger partial charge in [0.2, 0.25) is 5.91 Å². The minimum atomic E-state index is -0.540. The lowest BCUT2D eigenvalue weighted by Gasteiger charge is -2.15. The number of likely N-dealkylation sites (tertiary alicyclic amines) is 1. The molecular formula is C14H16N4O3. The van der Waals surface area contributed by atoms with Gasteiger partial charge in [0.05, 0.1) is 16.2 Å². The average molecular weight is 288 g/mol. The molecule has 7 heteroatoms. The summed E-state index contributed by atoms with van der Waals surface area (Å²) in [6, 6.07) is 5.98. The van der Waals surface area contributed by atoms with E-state index in [1.165, 1.54) is 18.2 Å². The third-order valence-corrected chi connectivity index (χ3v) is 3.45. The van der Waals surface area contributed by atoms with Crippen molar-refractivity contribution >= 4 is 17.3 Å². The van der Waals surface area contributed by atoms with Crippen LogP contribution >= 0.6 is 0 Å². The van der Waals surface area contributed by atoms with Gasteiger partial charge >= 0.3 is 0 Å². The minimum absolute atomic E-state index is 0.0976. The van der Waals surface area contributed by atoms with Crippen molar-refractivity contribution in [3.05, 3.63) is 33.9 Å². The summed E-state index contributed by atoms with van der Waals surface area (Å²) in [6.07, 6.45) is 2.46. The van der Waals surface area contributed by atoms with Gasteiger partial charge in [-0.3, -0.25) is 14.9 Å². The Hall–Kier alpha value is -2.62. The van der Waals surface area contributed by atoms with Gasteiger partial charge in [0, 0.05) is 38.2 Å². The summed E-state index contributed by atoms with van der Waals surface area (Å²) in [5, 5.41) is 22.7. The molecule has 0 aliphatic carbocycles. The zero-order chi connectivity index (χ0) is 15.2. The number of hydrogen-bond donors (Lipinski definition) is 1. The Morgan fingerprint density at radius 2 is 2.14 bits per heavy atom. The summed E-state index contributed by atoms with van der Waals surface area (Å²) in [4.78, 5) is 23.8. The van der Waals surface area contributed by atoms with Crippen molar-refractivity contribution in [2.24, 2.45) is 0 Å². The molecule has 1 aromatic rings. The van der Waals surface area contributed by atoms with E-state index in [0.29, 0.717) is 18.7 Å². The predicted molar refractivity (Wildman–Crippen MR) is 76.7 cm³/mol. The first-order chi connectivity index (χ1) is 10.1. The highest BCUT2D eigenvalue weighted by atomic mass is 16.6. The van der Waals surface area contributed by atoms with Crippen LogP contribution < -0.4 is 5.32 Å². The van der Waals surface area contributed by atoms with Crippen molar-refractivity contribution in [1.29, 1.82) is 5.26 Å². The van der Waals surface area contributed by atoms with Crippen LogP contribution in [0, 0.1) is 21.4 Å². The zero-order valence-electron chi connectivity index (χ0n) is 11.5. The van der Waals surface area contributed by atoms with E-state index in [0.717, 1.165) is 25.9 Å². The molecule has 1 fully saturated rings. The molecule has 1 N–H and O–H groups in total. The molecule has 1 saturated heterocycles. The second-order valence-corrected chi connectivity index (χ2v) is 4.86. The first-order valence-electron chi connectivity index (χ1n) is 6.82. The second kappa shape index (κ2) is 6.70. The topological polar surface area (TPSA) is 99.3 Å². The van der Waals surface area contributed by atoms with Crippen LogP contribution in [0.3, 0.4) is 0 Å². The summed E-state index contributed by atoms with van der Waals surface area (Å²) in [7, 11) is 0. The second-order valence-electron chi connectivity index (χ2n) is 4.86. The maximum Gasteiger partial charge on any atom is 0.270 e. The van der Waals surface area contributed by atoms with Gasteiger partial charge in [-0.1, -0.05) is 0 Å². The highest BCUT2D eigenvalue weighted by Gasteiger charge is 2.17. The van der Waals surface area contributed by atoms with Crippen molar-refractivity contribution < 1.29 is 9.72 Å². The lowest BCUT2D eigenvalue weighted by atomic mass is 10.1. The third kappa shape index (κ3) is 3.69. The van der Waals surface area contributed by atoms with Crippen LogP contribution in [0.25, 0.3) is 0 Å². The number of nitriles is 1. The molecule has 1 aliphatic heterocycles. The number of anilines is 1. The fourth-order valence-electron chi connectivity index (χ4n) is 2.32. The molecule has 2 rings (SSSR count). The van der Waals surface area contributed by atoms with Crippen LogP contribution in [0.5, 0.6) is 0 Å². The smallest absolute Gasteiger partial charge is 0.270 e. The number of hydrogen-bond acceptors (Lipinski definition) is 5. The molecule has 0 atom stereocenters. The maximum absolute atomic E-state index is 11.9. The number of nitro groups is 1. The summed E-state index contributed by atoms with van der Waals surface area (Å²) in [5.74, 6) is 0.0976. The largest absolute Gasteiger partial charge is 0.383 e. The monoisotopic (exact) mass is 288 g/mol.